The SMILES string of the molecule is C[C@@H]1CN[C@@H](C)CN1c1nnc(Cl)c2ccncc12. The summed E-state index contributed by atoms with van der Waals surface area (Å²) in [6, 6.07) is 2.68. The molecule has 0 spiro atoms. The number of fused-ring (bicyclic) bond motifs is 1. The molecule has 1 aliphatic rings. The summed E-state index contributed by atoms with van der Waals surface area (Å²) in [7, 11) is 0. The Kier molecular flexibility index (Phi) is 3.24. The van der Waals surface area contributed by atoms with Crippen molar-refractivity contribution < 1.29 is 0 Å². The average Bonchev–Trinajstić information content (AvgIpc) is 2.43. The van der Waals surface area contributed by atoms with E-state index in [1.807, 2.05) is 12.3 Å². The highest BCUT2D eigenvalue weighted by Crippen LogP contribution is 2.29. The van der Waals surface area contributed by atoms with Gasteiger partial charge in [-0.25, -0.2) is 0 Å². The van der Waals surface area contributed by atoms with E-state index in [0.29, 0.717) is 17.2 Å². The van der Waals surface area contributed by atoms with Crippen molar-refractivity contribution in [2.45, 2.75) is 25.9 Å². The van der Waals surface area contributed by atoms with Gasteiger partial charge in [-0.15, -0.1) is 10.2 Å². The van der Waals surface area contributed by atoms with Gasteiger partial charge < -0.3 is 10.2 Å². The fraction of sp³-hybridized carbons (Fsp3) is 0.462. The Balaban J connectivity index is 2.12. The average molecular weight is 278 g/mol. The molecule has 0 bridgehead atoms. The lowest BCUT2D eigenvalue weighted by Gasteiger charge is -2.38. The van der Waals surface area contributed by atoms with Crippen molar-refractivity contribution in [1.29, 1.82) is 0 Å². The van der Waals surface area contributed by atoms with Crippen LogP contribution in [0.4, 0.5) is 5.82 Å². The molecule has 0 aliphatic carbocycles. The first-order chi connectivity index (χ1) is 9.16. The molecule has 0 radical (unpaired) electrons. The van der Waals surface area contributed by atoms with Crippen LogP contribution in [0.3, 0.4) is 0 Å². The molecule has 6 heteroatoms. The van der Waals surface area contributed by atoms with Crippen molar-refractivity contribution in [3.63, 3.8) is 0 Å². The zero-order valence-corrected chi connectivity index (χ0v) is 11.7. The second-order valence-corrected chi connectivity index (χ2v) is 5.40. The monoisotopic (exact) mass is 277 g/mol. The second-order valence-electron chi connectivity index (χ2n) is 5.05. The molecule has 100 valence electrons. The number of pyridine rings is 1. The fourth-order valence-corrected chi connectivity index (χ4v) is 2.68. The number of rotatable bonds is 1. The highest BCUT2D eigenvalue weighted by molar-refractivity contribution is 6.34. The van der Waals surface area contributed by atoms with E-state index < -0.39 is 0 Å². The number of piperazine rings is 1. The maximum Gasteiger partial charge on any atom is 0.161 e. The van der Waals surface area contributed by atoms with Crippen molar-refractivity contribution in [3.05, 3.63) is 23.6 Å². The molecule has 1 saturated heterocycles. The van der Waals surface area contributed by atoms with Crippen LogP contribution in [0.2, 0.25) is 5.15 Å². The molecule has 1 fully saturated rings. The number of nitrogens with one attached hydrogen (secondary N) is 1. The van der Waals surface area contributed by atoms with Crippen LogP contribution in [0.25, 0.3) is 10.8 Å². The Hall–Kier alpha value is -1.46. The van der Waals surface area contributed by atoms with Crippen molar-refractivity contribution in [2.24, 2.45) is 0 Å². The minimum Gasteiger partial charge on any atom is -0.349 e. The number of anilines is 1. The van der Waals surface area contributed by atoms with Crippen LogP contribution in [0, 0.1) is 0 Å². The zero-order valence-electron chi connectivity index (χ0n) is 11.0. The standard InChI is InChI=1S/C13H16ClN5/c1-8-7-19(9(2)5-16-8)13-11-6-15-4-3-10(11)12(14)17-18-13/h3-4,6,8-9,16H,5,7H2,1-2H3/t8-,9+/m0/s1. The molecule has 2 atom stereocenters. The third-order valence-corrected chi connectivity index (χ3v) is 3.83. The Morgan fingerprint density at radius 2 is 2.16 bits per heavy atom. The highest BCUT2D eigenvalue weighted by atomic mass is 35.5. The van der Waals surface area contributed by atoms with Crippen LogP contribution in [-0.4, -0.2) is 40.4 Å². The van der Waals surface area contributed by atoms with Crippen LogP contribution >= 0.6 is 11.6 Å². The van der Waals surface area contributed by atoms with Crippen molar-refractivity contribution in [3.8, 4) is 0 Å². The molecule has 0 amide bonds. The van der Waals surface area contributed by atoms with Gasteiger partial charge in [0.1, 0.15) is 0 Å². The topological polar surface area (TPSA) is 53.9 Å². The lowest BCUT2D eigenvalue weighted by atomic mass is 10.1. The van der Waals surface area contributed by atoms with E-state index in [-0.39, 0.29) is 0 Å². The van der Waals surface area contributed by atoms with E-state index in [1.54, 1.807) is 6.20 Å². The summed E-state index contributed by atoms with van der Waals surface area (Å²) in [5, 5.41) is 14.1. The van der Waals surface area contributed by atoms with Crippen LogP contribution in [0.5, 0.6) is 0 Å². The number of nitrogens with zero attached hydrogens (tertiary/aromatic N) is 4. The molecule has 5 nitrogen and oxygen atoms in total. The molecule has 3 heterocycles. The van der Waals surface area contributed by atoms with Crippen LogP contribution in [0.15, 0.2) is 18.5 Å². The first-order valence-corrected chi connectivity index (χ1v) is 6.80. The van der Waals surface area contributed by atoms with E-state index >= 15 is 0 Å². The molecule has 1 aliphatic heterocycles. The van der Waals surface area contributed by atoms with E-state index in [0.717, 1.165) is 29.7 Å². The molecule has 2 aromatic heterocycles. The fourth-order valence-electron chi connectivity index (χ4n) is 2.48. The smallest absolute Gasteiger partial charge is 0.161 e. The summed E-state index contributed by atoms with van der Waals surface area (Å²) in [4.78, 5) is 6.46. The van der Waals surface area contributed by atoms with Crippen LogP contribution in [-0.2, 0) is 0 Å². The van der Waals surface area contributed by atoms with E-state index in [9.17, 15) is 0 Å². The number of hydrogen-bond donors (Lipinski definition) is 1. The zero-order chi connectivity index (χ0) is 13.4. The van der Waals surface area contributed by atoms with Crippen molar-refractivity contribution >= 4 is 28.2 Å². The number of hydrogen-bond acceptors (Lipinski definition) is 5. The predicted molar refractivity (Wildman–Crippen MR) is 76.6 cm³/mol. The van der Waals surface area contributed by atoms with Gasteiger partial charge in [0.15, 0.2) is 11.0 Å². The molecule has 1 N–H and O–H groups in total. The van der Waals surface area contributed by atoms with Crippen molar-refractivity contribution in [1.82, 2.24) is 20.5 Å². The Bertz CT molecular complexity index is 603. The van der Waals surface area contributed by atoms with Crippen LogP contribution < -0.4 is 10.2 Å². The van der Waals surface area contributed by atoms with Gasteiger partial charge in [-0.1, -0.05) is 11.6 Å². The Morgan fingerprint density at radius 1 is 1.32 bits per heavy atom. The van der Waals surface area contributed by atoms with Crippen LogP contribution in [0.1, 0.15) is 13.8 Å². The third-order valence-electron chi connectivity index (χ3n) is 3.55. The van der Waals surface area contributed by atoms with Gasteiger partial charge in [-0.2, -0.15) is 0 Å². The number of aromatic nitrogens is 3. The van der Waals surface area contributed by atoms with Gasteiger partial charge in [0.25, 0.3) is 0 Å². The number of halogens is 1. The molecule has 0 saturated carbocycles. The normalized spacial score (nSPS) is 23.8. The van der Waals surface area contributed by atoms with Gasteiger partial charge in [0.05, 0.1) is 0 Å². The minimum absolute atomic E-state index is 0.370. The summed E-state index contributed by atoms with van der Waals surface area (Å²) < 4.78 is 0. The molecular formula is C13H16ClN5. The van der Waals surface area contributed by atoms with Gasteiger partial charge >= 0.3 is 0 Å². The van der Waals surface area contributed by atoms with Gasteiger partial charge in [0, 0.05) is 48.3 Å². The Morgan fingerprint density at radius 3 is 3.00 bits per heavy atom. The molecule has 0 aromatic carbocycles. The molecule has 2 aromatic rings. The van der Waals surface area contributed by atoms with E-state index in [1.165, 1.54) is 0 Å². The summed E-state index contributed by atoms with van der Waals surface area (Å²) in [6.45, 7) is 6.19. The first-order valence-electron chi connectivity index (χ1n) is 6.42. The summed E-state index contributed by atoms with van der Waals surface area (Å²) in [5.41, 5.74) is 0. The van der Waals surface area contributed by atoms with Gasteiger partial charge in [-0.05, 0) is 19.9 Å². The molecule has 19 heavy (non-hydrogen) atoms. The second kappa shape index (κ2) is 4.90. The molecule has 3 rings (SSSR count). The highest BCUT2D eigenvalue weighted by Gasteiger charge is 2.25. The maximum absolute atomic E-state index is 6.10. The molecular weight excluding hydrogens is 262 g/mol. The van der Waals surface area contributed by atoms with E-state index in [2.05, 4.69) is 39.2 Å². The largest absolute Gasteiger partial charge is 0.349 e. The summed E-state index contributed by atoms with van der Waals surface area (Å²) >= 11 is 6.10. The maximum atomic E-state index is 6.10. The summed E-state index contributed by atoms with van der Waals surface area (Å²) in [5.74, 6) is 0.869. The van der Waals surface area contributed by atoms with Gasteiger partial charge in [0.2, 0.25) is 0 Å². The van der Waals surface area contributed by atoms with Gasteiger partial charge in [-0.3, -0.25) is 4.98 Å². The molecule has 0 unspecified atom stereocenters. The first kappa shape index (κ1) is 12.6. The lowest BCUT2D eigenvalue weighted by Crippen LogP contribution is -2.54. The van der Waals surface area contributed by atoms with E-state index in [4.69, 9.17) is 11.6 Å². The Labute approximate surface area is 117 Å². The third kappa shape index (κ3) is 2.24. The predicted octanol–water partition coefficient (Wildman–Crippen LogP) is 1.86. The quantitative estimate of drug-likeness (QED) is 0.862. The summed E-state index contributed by atoms with van der Waals surface area (Å²) in [6.07, 6.45) is 3.54. The minimum atomic E-state index is 0.370. The van der Waals surface area contributed by atoms with Crippen molar-refractivity contribution in [2.75, 3.05) is 18.0 Å². The lowest BCUT2D eigenvalue weighted by molar-refractivity contribution is 0.422.